The molecule has 0 aliphatic heterocycles. The first-order chi connectivity index (χ1) is 8.81. The molecule has 4 heteroatoms. The summed E-state index contributed by atoms with van der Waals surface area (Å²) < 4.78 is 7.36. The average Bonchev–Trinajstić information content (AvgIpc) is 2.77. The number of hydrogen-bond donors (Lipinski definition) is 1. The minimum Gasteiger partial charge on any atom is -0.380 e. The Hall–Kier alpha value is -1.81. The molecule has 0 fully saturated rings. The molecule has 1 N–H and O–H groups in total. The van der Waals surface area contributed by atoms with Gasteiger partial charge in [-0.25, -0.2) is 4.98 Å². The highest BCUT2D eigenvalue weighted by atomic mass is 16.5. The molecule has 0 aliphatic rings. The highest BCUT2D eigenvalue weighted by molar-refractivity contribution is 5.42. The maximum absolute atomic E-state index is 5.31. The van der Waals surface area contributed by atoms with Crippen LogP contribution in [0, 0.1) is 6.92 Å². The van der Waals surface area contributed by atoms with Crippen molar-refractivity contribution >= 4 is 5.95 Å². The highest BCUT2D eigenvalue weighted by Gasteiger charge is 2.06. The van der Waals surface area contributed by atoms with E-state index in [9.17, 15) is 0 Å². The standard InChI is InChI=1S/C14H19N3O/c1-3-18-10-9-15-14-16-12(2)11-17(14)13-7-5-4-6-8-13/h4-8,11H,3,9-10H2,1-2H3,(H,15,16). The molecule has 96 valence electrons. The molecule has 0 amide bonds. The zero-order chi connectivity index (χ0) is 12.8. The second-order valence-corrected chi connectivity index (χ2v) is 4.04. The van der Waals surface area contributed by atoms with Crippen LogP contribution in [0.3, 0.4) is 0 Å². The number of anilines is 1. The molecule has 1 aromatic carbocycles. The number of para-hydroxylation sites is 1. The molecule has 1 heterocycles. The third kappa shape index (κ3) is 3.11. The summed E-state index contributed by atoms with van der Waals surface area (Å²) in [5.74, 6) is 0.860. The Morgan fingerprint density at radius 2 is 2.06 bits per heavy atom. The van der Waals surface area contributed by atoms with Gasteiger partial charge in [-0.2, -0.15) is 0 Å². The monoisotopic (exact) mass is 245 g/mol. The first-order valence-electron chi connectivity index (χ1n) is 6.24. The molecule has 0 saturated carbocycles. The Labute approximate surface area is 108 Å². The number of ether oxygens (including phenoxy) is 1. The van der Waals surface area contributed by atoms with Crippen molar-refractivity contribution in [2.75, 3.05) is 25.1 Å². The van der Waals surface area contributed by atoms with Gasteiger partial charge in [0.25, 0.3) is 0 Å². The Morgan fingerprint density at radius 1 is 1.28 bits per heavy atom. The second-order valence-electron chi connectivity index (χ2n) is 4.04. The van der Waals surface area contributed by atoms with E-state index in [4.69, 9.17) is 4.74 Å². The van der Waals surface area contributed by atoms with Gasteiger partial charge in [0, 0.05) is 25.0 Å². The quantitative estimate of drug-likeness (QED) is 0.795. The number of benzene rings is 1. The van der Waals surface area contributed by atoms with Crippen LogP contribution < -0.4 is 5.32 Å². The number of aromatic nitrogens is 2. The molecule has 0 bridgehead atoms. The van der Waals surface area contributed by atoms with Crippen molar-refractivity contribution in [3.05, 3.63) is 42.2 Å². The highest BCUT2D eigenvalue weighted by Crippen LogP contribution is 2.15. The zero-order valence-corrected chi connectivity index (χ0v) is 10.9. The lowest BCUT2D eigenvalue weighted by Crippen LogP contribution is -2.12. The van der Waals surface area contributed by atoms with Crippen LogP contribution in [0.2, 0.25) is 0 Å². The molecule has 4 nitrogen and oxygen atoms in total. The summed E-state index contributed by atoms with van der Waals surface area (Å²) in [5.41, 5.74) is 2.11. The molecule has 0 unspecified atom stereocenters. The molecular weight excluding hydrogens is 226 g/mol. The predicted octanol–water partition coefficient (Wildman–Crippen LogP) is 2.63. The Bertz CT molecular complexity index is 479. The summed E-state index contributed by atoms with van der Waals surface area (Å²) in [5, 5.41) is 3.29. The van der Waals surface area contributed by atoms with Crippen LogP contribution in [0.15, 0.2) is 36.5 Å². The average molecular weight is 245 g/mol. The SMILES string of the molecule is CCOCCNc1nc(C)cn1-c1ccccc1. The molecule has 1 aromatic heterocycles. The van der Waals surface area contributed by atoms with Crippen LogP contribution in [0.1, 0.15) is 12.6 Å². The third-order valence-electron chi connectivity index (χ3n) is 2.59. The van der Waals surface area contributed by atoms with Crippen molar-refractivity contribution in [3.8, 4) is 5.69 Å². The second kappa shape index (κ2) is 6.21. The van der Waals surface area contributed by atoms with Gasteiger partial charge in [0.1, 0.15) is 0 Å². The molecular formula is C14H19N3O. The van der Waals surface area contributed by atoms with Crippen molar-refractivity contribution in [1.29, 1.82) is 0 Å². The zero-order valence-electron chi connectivity index (χ0n) is 10.9. The van der Waals surface area contributed by atoms with Gasteiger partial charge in [0.05, 0.1) is 12.3 Å². The van der Waals surface area contributed by atoms with E-state index in [2.05, 4.69) is 27.0 Å². The Morgan fingerprint density at radius 3 is 2.78 bits per heavy atom. The lowest BCUT2D eigenvalue weighted by Gasteiger charge is -2.09. The number of nitrogens with zero attached hydrogens (tertiary/aromatic N) is 2. The topological polar surface area (TPSA) is 39.1 Å². The molecule has 18 heavy (non-hydrogen) atoms. The predicted molar refractivity (Wildman–Crippen MR) is 73.3 cm³/mol. The van der Waals surface area contributed by atoms with Crippen LogP contribution in [-0.2, 0) is 4.74 Å². The normalized spacial score (nSPS) is 10.6. The summed E-state index contributed by atoms with van der Waals surface area (Å²) >= 11 is 0. The lowest BCUT2D eigenvalue weighted by atomic mass is 10.3. The number of nitrogens with one attached hydrogen (secondary N) is 1. The van der Waals surface area contributed by atoms with Crippen LogP contribution in [0.5, 0.6) is 0 Å². The van der Waals surface area contributed by atoms with E-state index in [-0.39, 0.29) is 0 Å². The number of aryl methyl sites for hydroxylation is 1. The van der Waals surface area contributed by atoms with E-state index in [1.165, 1.54) is 0 Å². The fraction of sp³-hybridized carbons (Fsp3) is 0.357. The molecule has 2 aromatic rings. The van der Waals surface area contributed by atoms with Crippen molar-refractivity contribution in [2.45, 2.75) is 13.8 Å². The van der Waals surface area contributed by atoms with Gasteiger partial charge in [-0.1, -0.05) is 18.2 Å². The molecule has 0 saturated heterocycles. The summed E-state index contributed by atoms with van der Waals surface area (Å²) in [7, 11) is 0. The minimum absolute atomic E-state index is 0.692. The van der Waals surface area contributed by atoms with E-state index in [0.717, 1.165) is 30.5 Å². The molecule has 0 spiro atoms. The summed E-state index contributed by atoms with van der Waals surface area (Å²) in [6, 6.07) is 10.2. The van der Waals surface area contributed by atoms with Crippen LogP contribution in [-0.4, -0.2) is 29.3 Å². The summed E-state index contributed by atoms with van der Waals surface area (Å²) in [6.45, 7) is 6.18. The number of hydrogen-bond acceptors (Lipinski definition) is 3. The summed E-state index contributed by atoms with van der Waals surface area (Å²) in [6.07, 6.45) is 2.03. The maximum Gasteiger partial charge on any atom is 0.207 e. The largest absolute Gasteiger partial charge is 0.380 e. The van der Waals surface area contributed by atoms with Crippen molar-refractivity contribution in [3.63, 3.8) is 0 Å². The first-order valence-corrected chi connectivity index (χ1v) is 6.24. The van der Waals surface area contributed by atoms with Crippen molar-refractivity contribution < 1.29 is 4.74 Å². The smallest absolute Gasteiger partial charge is 0.207 e. The van der Waals surface area contributed by atoms with Crippen molar-refractivity contribution in [2.24, 2.45) is 0 Å². The van der Waals surface area contributed by atoms with Crippen LogP contribution in [0.25, 0.3) is 5.69 Å². The molecule has 2 rings (SSSR count). The van der Waals surface area contributed by atoms with E-state index in [1.54, 1.807) is 0 Å². The molecule has 0 radical (unpaired) electrons. The van der Waals surface area contributed by atoms with Gasteiger partial charge in [0.15, 0.2) is 0 Å². The van der Waals surface area contributed by atoms with E-state index in [1.807, 2.05) is 38.2 Å². The van der Waals surface area contributed by atoms with Gasteiger partial charge in [-0.3, -0.25) is 4.57 Å². The van der Waals surface area contributed by atoms with Crippen molar-refractivity contribution in [1.82, 2.24) is 9.55 Å². The third-order valence-corrected chi connectivity index (χ3v) is 2.59. The van der Waals surface area contributed by atoms with Crippen LogP contribution >= 0.6 is 0 Å². The van der Waals surface area contributed by atoms with Gasteiger partial charge in [0.2, 0.25) is 5.95 Å². The van der Waals surface area contributed by atoms with Gasteiger partial charge >= 0.3 is 0 Å². The lowest BCUT2D eigenvalue weighted by molar-refractivity contribution is 0.158. The number of rotatable bonds is 6. The minimum atomic E-state index is 0.692. The van der Waals surface area contributed by atoms with Gasteiger partial charge in [-0.15, -0.1) is 0 Å². The molecule has 0 aliphatic carbocycles. The van der Waals surface area contributed by atoms with E-state index >= 15 is 0 Å². The maximum atomic E-state index is 5.31. The fourth-order valence-corrected chi connectivity index (χ4v) is 1.79. The fourth-order valence-electron chi connectivity index (χ4n) is 1.79. The molecule has 0 atom stereocenters. The summed E-state index contributed by atoms with van der Waals surface area (Å²) in [4.78, 5) is 4.48. The van der Waals surface area contributed by atoms with E-state index < -0.39 is 0 Å². The Balaban J connectivity index is 2.11. The van der Waals surface area contributed by atoms with Gasteiger partial charge < -0.3 is 10.1 Å². The van der Waals surface area contributed by atoms with Crippen LogP contribution in [0.4, 0.5) is 5.95 Å². The number of imidazole rings is 1. The Kier molecular flexibility index (Phi) is 4.36. The first kappa shape index (κ1) is 12.6. The van der Waals surface area contributed by atoms with Gasteiger partial charge in [-0.05, 0) is 26.0 Å². The van der Waals surface area contributed by atoms with E-state index in [0.29, 0.717) is 6.61 Å².